The lowest BCUT2D eigenvalue weighted by Crippen LogP contribution is -1.93. The molecule has 2 rings (SSSR count). The minimum absolute atomic E-state index is 0.395. The monoisotopic (exact) mass is 271 g/mol. The Morgan fingerprint density at radius 3 is 2.58 bits per heavy atom. The van der Waals surface area contributed by atoms with Crippen LogP contribution in [0.5, 0.6) is 5.75 Å². The summed E-state index contributed by atoms with van der Waals surface area (Å²) < 4.78 is 5.81. The molecule has 0 spiro atoms. The van der Waals surface area contributed by atoms with Crippen molar-refractivity contribution in [1.29, 1.82) is 0 Å². The van der Waals surface area contributed by atoms with E-state index in [0.29, 0.717) is 13.2 Å². The molecule has 0 atom stereocenters. The molecule has 0 fully saturated rings. The van der Waals surface area contributed by atoms with E-state index in [1.165, 1.54) is 16.0 Å². The fraction of sp³-hybridized carbons (Fsp3) is 0.250. The topological polar surface area (TPSA) is 35.2 Å². The SMILES string of the molecule is Cc1cc(C)cc(OCc2ccc(C#CCN)s2)c1. The Balaban J connectivity index is 2.00. The molecule has 1 aromatic heterocycles. The van der Waals surface area contributed by atoms with Gasteiger partial charge in [-0.25, -0.2) is 0 Å². The molecule has 2 aromatic rings. The van der Waals surface area contributed by atoms with Crippen molar-refractivity contribution in [2.75, 3.05) is 6.54 Å². The van der Waals surface area contributed by atoms with Gasteiger partial charge < -0.3 is 10.5 Å². The molecular formula is C16H17NOS. The average Bonchev–Trinajstić information content (AvgIpc) is 2.81. The number of nitrogens with two attached hydrogens (primary N) is 1. The summed E-state index contributed by atoms with van der Waals surface area (Å²) in [5, 5.41) is 0. The van der Waals surface area contributed by atoms with E-state index in [1.807, 2.05) is 12.1 Å². The number of aryl methyl sites for hydroxylation is 2. The van der Waals surface area contributed by atoms with Gasteiger partial charge in [0.25, 0.3) is 0 Å². The van der Waals surface area contributed by atoms with Crippen LogP contribution < -0.4 is 10.5 Å². The first-order valence-corrected chi connectivity index (χ1v) is 6.98. The van der Waals surface area contributed by atoms with Gasteiger partial charge >= 0.3 is 0 Å². The second-order valence-electron chi connectivity index (χ2n) is 4.38. The van der Waals surface area contributed by atoms with E-state index in [-0.39, 0.29) is 0 Å². The van der Waals surface area contributed by atoms with Crippen LogP contribution in [-0.2, 0) is 6.61 Å². The van der Waals surface area contributed by atoms with Crippen LogP contribution in [0.3, 0.4) is 0 Å². The summed E-state index contributed by atoms with van der Waals surface area (Å²) >= 11 is 1.65. The summed E-state index contributed by atoms with van der Waals surface area (Å²) in [6.45, 7) is 5.13. The lowest BCUT2D eigenvalue weighted by atomic mass is 10.1. The molecule has 0 bridgehead atoms. The number of benzene rings is 1. The van der Waals surface area contributed by atoms with Crippen molar-refractivity contribution in [2.24, 2.45) is 5.73 Å². The van der Waals surface area contributed by atoms with Crippen molar-refractivity contribution < 1.29 is 4.74 Å². The molecule has 0 aliphatic heterocycles. The molecule has 0 aliphatic rings. The Kier molecular flexibility index (Phi) is 4.62. The molecule has 98 valence electrons. The zero-order valence-electron chi connectivity index (χ0n) is 11.2. The molecular weight excluding hydrogens is 254 g/mol. The third kappa shape index (κ3) is 4.13. The van der Waals surface area contributed by atoms with Gasteiger partial charge in [0.05, 0.1) is 11.4 Å². The number of hydrogen-bond acceptors (Lipinski definition) is 3. The first kappa shape index (κ1) is 13.7. The maximum absolute atomic E-state index is 5.81. The van der Waals surface area contributed by atoms with E-state index in [4.69, 9.17) is 10.5 Å². The van der Waals surface area contributed by atoms with Gasteiger partial charge in [-0.15, -0.1) is 11.3 Å². The third-order valence-electron chi connectivity index (χ3n) is 2.55. The zero-order chi connectivity index (χ0) is 13.7. The standard InChI is InChI=1S/C16H17NOS/c1-12-8-13(2)10-14(9-12)18-11-16-6-5-15(19-16)4-3-7-17/h5-6,8-10H,7,11,17H2,1-2H3. The minimum Gasteiger partial charge on any atom is -0.488 e. The number of thiophene rings is 1. The molecule has 19 heavy (non-hydrogen) atoms. The molecule has 1 aromatic carbocycles. The Morgan fingerprint density at radius 2 is 1.89 bits per heavy atom. The van der Waals surface area contributed by atoms with Crippen LogP contribution in [-0.4, -0.2) is 6.54 Å². The number of hydrogen-bond donors (Lipinski definition) is 1. The largest absolute Gasteiger partial charge is 0.488 e. The normalized spacial score (nSPS) is 9.84. The van der Waals surface area contributed by atoms with Crippen LogP contribution >= 0.6 is 11.3 Å². The average molecular weight is 271 g/mol. The van der Waals surface area contributed by atoms with Crippen LogP contribution in [0.2, 0.25) is 0 Å². The van der Waals surface area contributed by atoms with Gasteiger partial charge in [0.15, 0.2) is 0 Å². The van der Waals surface area contributed by atoms with Gasteiger partial charge in [-0.3, -0.25) is 0 Å². The maximum atomic E-state index is 5.81. The highest BCUT2D eigenvalue weighted by Gasteiger charge is 2.01. The second-order valence-corrected chi connectivity index (χ2v) is 5.55. The van der Waals surface area contributed by atoms with Gasteiger partial charge in [0, 0.05) is 4.88 Å². The van der Waals surface area contributed by atoms with Gasteiger partial charge in [-0.1, -0.05) is 17.9 Å². The zero-order valence-corrected chi connectivity index (χ0v) is 12.0. The summed E-state index contributed by atoms with van der Waals surface area (Å²) in [5.74, 6) is 6.80. The fourth-order valence-corrected chi connectivity index (χ4v) is 2.63. The third-order valence-corrected chi connectivity index (χ3v) is 3.53. The summed E-state index contributed by atoms with van der Waals surface area (Å²) in [5.41, 5.74) is 7.79. The van der Waals surface area contributed by atoms with Gasteiger partial charge in [-0.2, -0.15) is 0 Å². The Morgan fingerprint density at radius 1 is 1.16 bits per heavy atom. The molecule has 1 heterocycles. The Hall–Kier alpha value is -1.76. The Labute approximate surface area is 118 Å². The predicted molar refractivity (Wildman–Crippen MR) is 80.5 cm³/mol. The summed E-state index contributed by atoms with van der Waals surface area (Å²) in [4.78, 5) is 2.20. The van der Waals surface area contributed by atoms with Crippen molar-refractivity contribution in [2.45, 2.75) is 20.5 Å². The maximum Gasteiger partial charge on any atom is 0.122 e. The predicted octanol–water partition coefficient (Wildman–Crippen LogP) is 3.25. The summed E-state index contributed by atoms with van der Waals surface area (Å²) in [6, 6.07) is 10.3. The quantitative estimate of drug-likeness (QED) is 0.870. The van der Waals surface area contributed by atoms with Crippen molar-refractivity contribution in [3.63, 3.8) is 0 Å². The van der Waals surface area contributed by atoms with E-state index >= 15 is 0 Å². The highest BCUT2D eigenvalue weighted by Crippen LogP contribution is 2.20. The highest BCUT2D eigenvalue weighted by molar-refractivity contribution is 7.12. The van der Waals surface area contributed by atoms with Crippen molar-refractivity contribution in [1.82, 2.24) is 0 Å². The smallest absolute Gasteiger partial charge is 0.122 e. The number of ether oxygens (including phenoxy) is 1. The molecule has 2 N–H and O–H groups in total. The van der Waals surface area contributed by atoms with Gasteiger partial charge in [0.2, 0.25) is 0 Å². The van der Waals surface area contributed by atoms with Crippen molar-refractivity contribution in [3.8, 4) is 17.6 Å². The second kappa shape index (κ2) is 6.42. The molecule has 0 unspecified atom stereocenters. The van der Waals surface area contributed by atoms with E-state index in [1.54, 1.807) is 11.3 Å². The van der Waals surface area contributed by atoms with E-state index < -0.39 is 0 Å². The summed E-state index contributed by atoms with van der Waals surface area (Å²) in [6.07, 6.45) is 0. The minimum atomic E-state index is 0.395. The van der Waals surface area contributed by atoms with Gasteiger partial charge in [-0.05, 0) is 49.2 Å². The van der Waals surface area contributed by atoms with Crippen LogP contribution in [0.25, 0.3) is 0 Å². The van der Waals surface area contributed by atoms with Crippen LogP contribution in [0.1, 0.15) is 20.9 Å². The molecule has 0 saturated carbocycles. The van der Waals surface area contributed by atoms with E-state index in [2.05, 4.69) is 43.9 Å². The van der Waals surface area contributed by atoms with Crippen LogP contribution in [0.15, 0.2) is 30.3 Å². The first-order valence-electron chi connectivity index (χ1n) is 6.16. The molecule has 0 aliphatic carbocycles. The fourth-order valence-electron chi connectivity index (χ4n) is 1.83. The first-order chi connectivity index (χ1) is 9.17. The van der Waals surface area contributed by atoms with E-state index in [9.17, 15) is 0 Å². The molecule has 3 heteroatoms. The Bertz CT molecular complexity index is 599. The lowest BCUT2D eigenvalue weighted by molar-refractivity contribution is 0.309. The van der Waals surface area contributed by atoms with Gasteiger partial charge in [0.1, 0.15) is 12.4 Å². The lowest BCUT2D eigenvalue weighted by Gasteiger charge is -2.06. The van der Waals surface area contributed by atoms with E-state index in [0.717, 1.165) is 10.6 Å². The highest BCUT2D eigenvalue weighted by atomic mass is 32.1. The molecule has 0 saturated heterocycles. The van der Waals surface area contributed by atoms with Crippen molar-refractivity contribution in [3.05, 3.63) is 51.2 Å². The van der Waals surface area contributed by atoms with Crippen LogP contribution in [0, 0.1) is 25.7 Å². The van der Waals surface area contributed by atoms with Crippen molar-refractivity contribution >= 4 is 11.3 Å². The number of rotatable bonds is 3. The molecule has 0 amide bonds. The van der Waals surface area contributed by atoms with Crippen LogP contribution in [0.4, 0.5) is 0 Å². The molecule has 2 nitrogen and oxygen atoms in total. The summed E-state index contributed by atoms with van der Waals surface area (Å²) in [7, 11) is 0. The molecule has 0 radical (unpaired) electrons.